The van der Waals surface area contributed by atoms with Crippen molar-refractivity contribution >= 4 is 27.5 Å². The molecule has 0 aromatic heterocycles. The molecule has 0 amide bonds. The first-order chi connectivity index (χ1) is 14.4. The van der Waals surface area contributed by atoms with Crippen LogP contribution < -0.4 is 9.64 Å². The molecule has 2 aliphatic heterocycles. The van der Waals surface area contributed by atoms with Crippen LogP contribution in [0.2, 0.25) is 0 Å². The van der Waals surface area contributed by atoms with Crippen LogP contribution >= 0.6 is 0 Å². The summed E-state index contributed by atoms with van der Waals surface area (Å²) >= 11 is 0. The van der Waals surface area contributed by atoms with Gasteiger partial charge < -0.3 is 14.4 Å². The van der Waals surface area contributed by atoms with E-state index in [2.05, 4.69) is 4.40 Å². The molecule has 158 valence electrons. The maximum atomic E-state index is 12.7. The quantitative estimate of drug-likeness (QED) is 0.533. The van der Waals surface area contributed by atoms with Gasteiger partial charge in [0.1, 0.15) is 29.7 Å². The summed E-state index contributed by atoms with van der Waals surface area (Å²) in [6.07, 6.45) is 3.59. The van der Waals surface area contributed by atoms with E-state index >= 15 is 0 Å². The molecule has 0 radical (unpaired) electrons. The van der Waals surface area contributed by atoms with E-state index in [1.807, 2.05) is 36.1 Å². The number of aryl methyl sites for hydroxylation is 1. The van der Waals surface area contributed by atoms with Crippen LogP contribution in [0.15, 0.2) is 51.8 Å². The van der Waals surface area contributed by atoms with E-state index in [4.69, 9.17) is 9.47 Å². The summed E-state index contributed by atoms with van der Waals surface area (Å²) in [7, 11) is -3.84. The van der Waals surface area contributed by atoms with Gasteiger partial charge >= 0.3 is 5.97 Å². The molecule has 8 heteroatoms. The molecule has 1 fully saturated rings. The molecule has 7 nitrogen and oxygen atoms in total. The summed E-state index contributed by atoms with van der Waals surface area (Å²) in [4.78, 5) is 14.4. The predicted molar refractivity (Wildman–Crippen MR) is 114 cm³/mol. The lowest BCUT2D eigenvalue weighted by atomic mass is 10.2. The Morgan fingerprint density at radius 1 is 1.10 bits per heavy atom. The molecule has 0 unspecified atom stereocenters. The van der Waals surface area contributed by atoms with Crippen LogP contribution in [0, 0.1) is 6.92 Å². The van der Waals surface area contributed by atoms with Gasteiger partial charge in [-0.15, -0.1) is 4.40 Å². The Kier molecular flexibility index (Phi) is 5.76. The van der Waals surface area contributed by atoms with Crippen LogP contribution in [-0.4, -0.2) is 40.0 Å². The van der Waals surface area contributed by atoms with Crippen molar-refractivity contribution in [2.75, 3.05) is 24.7 Å². The lowest BCUT2D eigenvalue weighted by Crippen LogP contribution is -2.35. The first kappa shape index (κ1) is 20.4. The number of hydrogen-bond donors (Lipinski definition) is 0. The van der Waals surface area contributed by atoms with Crippen molar-refractivity contribution in [1.82, 2.24) is 0 Å². The molecule has 2 aromatic carbocycles. The standard InChI is InChI=1S/C22H24N2O5S/c1-16-6-5-7-18(14-16)28-12-13-29-22(25)17-9-10-19-20(15-17)30(26,27)23-21-8-3-2-4-11-24(19)21/h5-7,9-10,14-15H,2-4,8,11-13H2,1H3. The third-order valence-electron chi connectivity index (χ3n) is 5.16. The van der Waals surface area contributed by atoms with Gasteiger partial charge in [-0.3, -0.25) is 0 Å². The number of sulfonamides is 1. The second-order valence-corrected chi connectivity index (χ2v) is 9.00. The lowest BCUT2D eigenvalue weighted by molar-refractivity contribution is 0.0450. The van der Waals surface area contributed by atoms with Crippen molar-refractivity contribution < 1.29 is 22.7 Å². The Morgan fingerprint density at radius 3 is 2.80 bits per heavy atom. The van der Waals surface area contributed by atoms with Crippen LogP contribution in [0.3, 0.4) is 0 Å². The smallest absolute Gasteiger partial charge is 0.338 e. The highest BCUT2D eigenvalue weighted by Gasteiger charge is 2.32. The summed E-state index contributed by atoms with van der Waals surface area (Å²) in [5.41, 5.74) is 1.84. The highest BCUT2D eigenvalue weighted by atomic mass is 32.2. The third kappa shape index (κ3) is 4.33. The molecule has 0 aliphatic carbocycles. The van der Waals surface area contributed by atoms with Gasteiger partial charge in [-0.2, -0.15) is 8.42 Å². The zero-order valence-corrected chi connectivity index (χ0v) is 17.7. The minimum absolute atomic E-state index is 0.0543. The van der Waals surface area contributed by atoms with Gasteiger partial charge in [-0.25, -0.2) is 4.79 Å². The van der Waals surface area contributed by atoms with Gasteiger partial charge in [-0.05, 0) is 55.7 Å². The highest BCUT2D eigenvalue weighted by molar-refractivity contribution is 7.90. The van der Waals surface area contributed by atoms with E-state index < -0.39 is 16.0 Å². The molecular weight excluding hydrogens is 404 g/mol. The number of ether oxygens (including phenoxy) is 2. The molecule has 2 aliphatic rings. The third-order valence-corrected chi connectivity index (χ3v) is 6.49. The molecule has 0 N–H and O–H groups in total. The summed E-state index contributed by atoms with van der Waals surface area (Å²) < 4.78 is 40.2. The molecule has 2 heterocycles. The fourth-order valence-corrected chi connectivity index (χ4v) is 4.97. The summed E-state index contributed by atoms with van der Waals surface area (Å²) in [6, 6.07) is 12.2. The number of amidine groups is 1. The molecule has 1 saturated heterocycles. The Labute approximate surface area is 176 Å². The predicted octanol–water partition coefficient (Wildman–Crippen LogP) is 3.71. The second-order valence-electron chi connectivity index (χ2n) is 7.43. The van der Waals surface area contributed by atoms with E-state index in [0.29, 0.717) is 23.7 Å². The SMILES string of the molecule is Cc1cccc(OCCOC(=O)c2ccc3c(c2)S(=O)(=O)N=C2CCCCCN23)c1. The van der Waals surface area contributed by atoms with E-state index in [9.17, 15) is 13.2 Å². The summed E-state index contributed by atoms with van der Waals surface area (Å²) in [5.74, 6) is 0.701. The second kappa shape index (κ2) is 8.47. The van der Waals surface area contributed by atoms with Crippen molar-refractivity contribution in [2.45, 2.75) is 37.5 Å². The molecule has 4 rings (SSSR count). The van der Waals surface area contributed by atoms with E-state index in [1.54, 1.807) is 12.1 Å². The number of esters is 1. The molecule has 0 atom stereocenters. The van der Waals surface area contributed by atoms with Crippen molar-refractivity contribution in [2.24, 2.45) is 4.40 Å². The Bertz CT molecular complexity index is 1090. The first-order valence-corrected chi connectivity index (χ1v) is 11.5. The Balaban J connectivity index is 1.44. The number of anilines is 1. The molecule has 0 saturated carbocycles. The fourth-order valence-electron chi connectivity index (χ4n) is 3.69. The minimum atomic E-state index is -3.84. The Hall–Kier alpha value is -2.87. The molecule has 2 aromatic rings. The zero-order valence-electron chi connectivity index (χ0n) is 16.8. The van der Waals surface area contributed by atoms with Crippen molar-refractivity contribution in [3.63, 3.8) is 0 Å². The zero-order chi connectivity index (χ0) is 21.1. The van der Waals surface area contributed by atoms with Crippen molar-refractivity contribution in [3.05, 3.63) is 53.6 Å². The van der Waals surface area contributed by atoms with E-state index in [0.717, 1.165) is 31.4 Å². The highest BCUT2D eigenvalue weighted by Crippen LogP contribution is 2.35. The van der Waals surface area contributed by atoms with Crippen molar-refractivity contribution in [1.29, 1.82) is 0 Å². The van der Waals surface area contributed by atoms with E-state index in [1.165, 1.54) is 6.07 Å². The average Bonchev–Trinajstić information content (AvgIpc) is 2.96. The van der Waals surface area contributed by atoms with Gasteiger partial charge in [0.25, 0.3) is 10.0 Å². The number of hydrogen-bond acceptors (Lipinski definition) is 6. The number of fused-ring (bicyclic) bond motifs is 3. The van der Waals surface area contributed by atoms with Crippen LogP contribution in [0.5, 0.6) is 5.75 Å². The Morgan fingerprint density at radius 2 is 1.97 bits per heavy atom. The van der Waals surface area contributed by atoms with Crippen molar-refractivity contribution in [3.8, 4) is 5.75 Å². The fraction of sp³-hybridized carbons (Fsp3) is 0.364. The normalized spacial score (nSPS) is 17.2. The maximum absolute atomic E-state index is 12.7. The summed E-state index contributed by atoms with van der Waals surface area (Å²) in [5, 5.41) is 0. The largest absolute Gasteiger partial charge is 0.490 e. The summed E-state index contributed by atoms with van der Waals surface area (Å²) in [6.45, 7) is 2.96. The monoisotopic (exact) mass is 428 g/mol. The molecular formula is C22H24N2O5S. The topological polar surface area (TPSA) is 85.3 Å². The number of carbonyl (C=O) groups is 1. The van der Waals surface area contributed by atoms with E-state index in [-0.39, 0.29) is 23.7 Å². The molecule has 0 spiro atoms. The first-order valence-electron chi connectivity index (χ1n) is 10.1. The molecule has 0 bridgehead atoms. The lowest BCUT2D eigenvalue weighted by Gasteiger charge is -2.29. The maximum Gasteiger partial charge on any atom is 0.338 e. The van der Waals surface area contributed by atoms with Crippen LogP contribution in [-0.2, 0) is 14.8 Å². The molecule has 30 heavy (non-hydrogen) atoms. The van der Waals surface area contributed by atoms with Crippen LogP contribution in [0.4, 0.5) is 5.69 Å². The number of rotatable bonds is 5. The van der Waals surface area contributed by atoms with Gasteiger partial charge in [0.2, 0.25) is 0 Å². The number of nitrogens with zero attached hydrogens (tertiary/aromatic N) is 2. The minimum Gasteiger partial charge on any atom is -0.490 e. The van der Waals surface area contributed by atoms with Gasteiger partial charge in [0.15, 0.2) is 0 Å². The van der Waals surface area contributed by atoms with Crippen LogP contribution in [0.25, 0.3) is 0 Å². The number of benzene rings is 2. The van der Waals surface area contributed by atoms with Gasteiger partial charge in [-0.1, -0.05) is 18.6 Å². The number of carbonyl (C=O) groups excluding carboxylic acids is 1. The average molecular weight is 429 g/mol. The van der Waals surface area contributed by atoms with Gasteiger partial charge in [0, 0.05) is 13.0 Å². The van der Waals surface area contributed by atoms with Gasteiger partial charge in [0.05, 0.1) is 11.3 Å². The van der Waals surface area contributed by atoms with Crippen LogP contribution in [0.1, 0.15) is 41.6 Å².